The Bertz CT molecular complexity index is 2470. The maximum atomic E-state index is 15.9. The summed E-state index contributed by atoms with van der Waals surface area (Å²) in [5.74, 6) is 0.183. The number of carbonyl (C=O) groups excluding carboxylic acids is 2. The molecular weight excluding hydrogens is 818 g/mol. The Morgan fingerprint density at radius 1 is 0.902 bits per heavy atom. The predicted octanol–water partition coefficient (Wildman–Crippen LogP) is 6.02. The summed E-state index contributed by atoms with van der Waals surface area (Å²) in [6.45, 7) is 10.7. The van der Waals surface area contributed by atoms with Crippen molar-refractivity contribution >= 4 is 62.2 Å². The molecule has 3 fully saturated rings. The Morgan fingerprint density at radius 3 is 2.34 bits per heavy atom. The first-order chi connectivity index (χ1) is 29.4. The highest BCUT2D eigenvalue weighted by Gasteiger charge is 2.29. The molecule has 320 valence electrons. The fourth-order valence-electron chi connectivity index (χ4n) is 8.13. The average Bonchev–Trinajstić information content (AvgIpc) is 3.66. The fraction of sp³-hybridized carbons (Fsp3) is 0.395. The topological polar surface area (TPSA) is 169 Å². The quantitative estimate of drug-likeness (QED) is 0.118. The van der Waals surface area contributed by atoms with Crippen molar-refractivity contribution in [2.24, 2.45) is 5.92 Å². The zero-order chi connectivity index (χ0) is 42.7. The molecule has 6 heterocycles. The first kappa shape index (κ1) is 42.1. The molecule has 18 heteroatoms. The van der Waals surface area contributed by atoms with Gasteiger partial charge in [0.15, 0.2) is 5.82 Å². The molecule has 3 saturated heterocycles. The number of hydrogen-bond donors (Lipinski definition) is 3. The normalized spacial score (nSPS) is 18.1. The molecule has 0 aliphatic carbocycles. The number of anilines is 5. The van der Waals surface area contributed by atoms with Crippen molar-refractivity contribution < 1.29 is 22.4 Å². The van der Waals surface area contributed by atoms with Crippen LogP contribution in [0.15, 0.2) is 73.1 Å². The highest BCUT2D eigenvalue weighted by Crippen LogP contribution is 2.39. The van der Waals surface area contributed by atoms with Crippen LogP contribution in [0, 0.1) is 18.7 Å². The summed E-state index contributed by atoms with van der Waals surface area (Å²) in [4.78, 5) is 50.2. The number of rotatable bonds is 13. The summed E-state index contributed by atoms with van der Waals surface area (Å²) >= 11 is 1.36. The molecule has 0 spiro atoms. The second-order valence-corrected chi connectivity index (χ2v) is 18.7. The van der Waals surface area contributed by atoms with E-state index in [0.717, 1.165) is 74.2 Å². The van der Waals surface area contributed by atoms with Gasteiger partial charge in [0.25, 0.3) is 0 Å². The molecule has 2 amide bonds. The first-order valence-corrected chi connectivity index (χ1v) is 22.9. The van der Waals surface area contributed by atoms with Crippen LogP contribution >= 0.6 is 11.3 Å². The average molecular weight is 868 g/mol. The van der Waals surface area contributed by atoms with Gasteiger partial charge in [-0.1, -0.05) is 25.1 Å². The zero-order valence-corrected chi connectivity index (χ0v) is 36.1. The van der Waals surface area contributed by atoms with Crippen LogP contribution in [0.2, 0.25) is 0 Å². The van der Waals surface area contributed by atoms with E-state index in [0.29, 0.717) is 51.8 Å². The van der Waals surface area contributed by atoms with Crippen LogP contribution < -0.4 is 25.2 Å². The first-order valence-electron chi connectivity index (χ1n) is 20.7. The van der Waals surface area contributed by atoms with Gasteiger partial charge in [-0.25, -0.2) is 24.3 Å². The lowest BCUT2D eigenvalue weighted by atomic mass is 9.90. The predicted molar refractivity (Wildman–Crippen MR) is 237 cm³/mol. The van der Waals surface area contributed by atoms with Gasteiger partial charge in [0.1, 0.15) is 5.82 Å². The third kappa shape index (κ3) is 9.67. The molecule has 8 rings (SSSR count). The second kappa shape index (κ2) is 18.2. The number of carbonyl (C=O) groups is 2. The standard InChI is InChI=1S/C43H50FN11O4S2/c1-4-52(3)61(58,59)51-35-7-5-6-34(39(35)44)40-41(60-28(2)47-40)36-16-19-45-43(48-36)49-37-14-12-32(26-46-37)55-24-22-53(23-25-55)27-29-17-20-54(21-18-29)31-10-8-30(9-11-31)33-13-15-38(56)50-42(33)57/h5-12,14,16,19,26,29,33,51H,4,13,15,17-18,20-25,27H2,1-3H3,(H,50,56,57)(H,45,46,48,49). The lowest BCUT2D eigenvalue weighted by Gasteiger charge is -2.40. The van der Waals surface area contributed by atoms with Crippen LogP contribution in [0.4, 0.5) is 33.2 Å². The van der Waals surface area contributed by atoms with Gasteiger partial charge < -0.3 is 15.1 Å². The number of benzene rings is 2. The van der Waals surface area contributed by atoms with Gasteiger partial charge in [-0.15, -0.1) is 11.3 Å². The summed E-state index contributed by atoms with van der Waals surface area (Å²) in [5.41, 5.74) is 4.08. The van der Waals surface area contributed by atoms with Crippen molar-refractivity contribution in [2.75, 3.05) is 79.2 Å². The number of thiazole rings is 1. The van der Waals surface area contributed by atoms with Gasteiger partial charge in [-0.05, 0) is 80.1 Å². The number of hydrogen-bond acceptors (Lipinski definition) is 13. The summed E-state index contributed by atoms with van der Waals surface area (Å²) in [6.07, 6.45) is 6.71. The minimum Gasteiger partial charge on any atom is -0.372 e. The van der Waals surface area contributed by atoms with Crippen LogP contribution in [-0.2, 0) is 19.8 Å². The molecule has 15 nitrogen and oxygen atoms in total. The minimum absolute atomic E-state index is 0.153. The molecule has 0 bridgehead atoms. The molecule has 3 aliphatic heterocycles. The van der Waals surface area contributed by atoms with Gasteiger partial charge in [0.2, 0.25) is 17.8 Å². The Balaban J connectivity index is 0.828. The maximum absolute atomic E-state index is 15.9. The molecule has 61 heavy (non-hydrogen) atoms. The summed E-state index contributed by atoms with van der Waals surface area (Å²) in [7, 11) is -2.51. The SMILES string of the molecule is CCN(C)S(=O)(=O)Nc1cccc(-c2nc(C)sc2-c2ccnc(Nc3ccc(N4CCN(CC5CCN(c6ccc(C7CCC(=O)NC7=O)cc6)CC5)CC4)cn3)n2)c1F. The van der Waals surface area contributed by atoms with E-state index in [2.05, 4.69) is 63.2 Å². The van der Waals surface area contributed by atoms with Crippen molar-refractivity contribution in [1.29, 1.82) is 0 Å². The molecule has 2 aromatic carbocycles. The number of pyridine rings is 1. The molecular formula is C43H50FN11O4S2. The summed E-state index contributed by atoms with van der Waals surface area (Å²) in [5, 5.41) is 6.35. The van der Waals surface area contributed by atoms with E-state index in [-0.39, 0.29) is 35.5 Å². The Labute approximate surface area is 359 Å². The lowest BCUT2D eigenvalue weighted by molar-refractivity contribution is -0.134. The van der Waals surface area contributed by atoms with Gasteiger partial charge in [-0.3, -0.25) is 24.5 Å². The Hall–Kier alpha value is -5.56. The lowest BCUT2D eigenvalue weighted by Crippen LogP contribution is -2.49. The number of halogens is 1. The van der Waals surface area contributed by atoms with E-state index in [1.54, 1.807) is 31.3 Å². The number of aryl methyl sites for hydroxylation is 1. The largest absolute Gasteiger partial charge is 0.372 e. The number of piperazine rings is 1. The molecule has 0 saturated carbocycles. The minimum atomic E-state index is -3.93. The van der Waals surface area contributed by atoms with Crippen molar-refractivity contribution in [2.45, 2.75) is 45.4 Å². The molecule has 5 aromatic rings. The van der Waals surface area contributed by atoms with Crippen molar-refractivity contribution in [3.8, 4) is 21.8 Å². The van der Waals surface area contributed by atoms with E-state index >= 15 is 4.39 Å². The number of amides is 2. The third-order valence-corrected chi connectivity index (χ3v) is 14.3. The van der Waals surface area contributed by atoms with Gasteiger partial charge >= 0.3 is 10.2 Å². The number of imide groups is 1. The molecule has 1 unspecified atom stereocenters. The third-order valence-electron chi connectivity index (χ3n) is 11.7. The Morgan fingerprint density at radius 2 is 1.64 bits per heavy atom. The van der Waals surface area contributed by atoms with E-state index in [1.165, 1.54) is 30.1 Å². The zero-order valence-electron chi connectivity index (χ0n) is 34.5. The van der Waals surface area contributed by atoms with E-state index in [9.17, 15) is 18.0 Å². The highest BCUT2D eigenvalue weighted by molar-refractivity contribution is 7.90. The smallest absolute Gasteiger partial charge is 0.301 e. The maximum Gasteiger partial charge on any atom is 0.301 e. The molecule has 3 aliphatic rings. The molecule has 1 atom stereocenters. The van der Waals surface area contributed by atoms with Crippen LogP contribution in [0.25, 0.3) is 21.8 Å². The number of nitrogens with one attached hydrogen (secondary N) is 3. The van der Waals surface area contributed by atoms with E-state index in [4.69, 9.17) is 4.98 Å². The van der Waals surface area contributed by atoms with Crippen LogP contribution in [0.5, 0.6) is 0 Å². The number of piperidine rings is 2. The van der Waals surface area contributed by atoms with E-state index < -0.39 is 16.0 Å². The highest BCUT2D eigenvalue weighted by atomic mass is 32.2. The fourth-order valence-corrected chi connectivity index (χ4v) is 9.96. The van der Waals surface area contributed by atoms with E-state index in [1.807, 2.05) is 31.3 Å². The molecule has 3 N–H and O–H groups in total. The Kier molecular flexibility index (Phi) is 12.6. The summed E-state index contributed by atoms with van der Waals surface area (Å²) < 4.78 is 44.6. The van der Waals surface area contributed by atoms with Gasteiger partial charge in [0.05, 0.1) is 44.8 Å². The van der Waals surface area contributed by atoms with Crippen LogP contribution in [0.1, 0.15) is 49.1 Å². The summed E-state index contributed by atoms with van der Waals surface area (Å²) in [6, 6.07) is 18.5. The number of aromatic nitrogens is 4. The van der Waals surface area contributed by atoms with Gasteiger partial charge in [-0.2, -0.15) is 12.7 Å². The van der Waals surface area contributed by atoms with Gasteiger partial charge in [0, 0.05) is 83.3 Å². The van der Waals surface area contributed by atoms with Crippen molar-refractivity contribution in [3.63, 3.8) is 0 Å². The van der Waals surface area contributed by atoms with Crippen molar-refractivity contribution in [3.05, 3.63) is 89.4 Å². The van der Waals surface area contributed by atoms with Crippen LogP contribution in [0.3, 0.4) is 0 Å². The molecule has 3 aromatic heterocycles. The molecule has 0 radical (unpaired) electrons. The number of nitrogens with zero attached hydrogens (tertiary/aromatic N) is 8. The second-order valence-electron chi connectivity index (χ2n) is 15.7. The van der Waals surface area contributed by atoms with Crippen LogP contribution in [-0.4, -0.2) is 109 Å². The van der Waals surface area contributed by atoms with Crippen molar-refractivity contribution in [1.82, 2.24) is 34.5 Å². The monoisotopic (exact) mass is 867 g/mol.